The van der Waals surface area contributed by atoms with Gasteiger partial charge in [0.2, 0.25) is 0 Å². The van der Waals surface area contributed by atoms with Crippen LogP contribution in [0.5, 0.6) is 0 Å². The van der Waals surface area contributed by atoms with Crippen molar-refractivity contribution in [2.45, 2.75) is 25.7 Å². The molecule has 0 aliphatic carbocycles. The number of nitrogens with zero attached hydrogens (tertiary/aromatic N) is 1. The van der Waals surface area contributed by atoms with Gasteiger partial charge < -0.3 is 9.52 Å². The molecule has 1 aliphatic rings. The number of rotatable bonds is 8. The van der Waals surface area contributed by atoms with Crippen LogP contribution in [0.1, 0.15) is 31.4 Å². The van der Waals surface area contributed by atoms with Crippen molar-refractivity contribution >= 4 is 46.6 Å². The zero-order valence-electron chi connectivity index (χ0n) is 14.9. The maximum Gasteiger partial charge on any atom is 0.303 e. The van der Waals surface area contributed by atoms with Gasteiger partial charge in [-0.25, -0.2) is 0 Å². The lowest BCUT2D eigenvalue weighted by Crippen LogP contribution is -2.29. The van der Waals surface area contributed by atoms with Crippen molar-refractivity contribution in [3.05, 3.63) is 52.1 Å². The molecule has 2 heterocycles. The smallest absolute Gasteiger partial charge is 0.303 e. The first-order valence-electron chi connectivity index (χ1n) is 8.77. The summed E-state index contributed by atoms with van der Waals surface area (Å²) < 4.78 is 5.75. The Kier molecular flexibility index (Phi) is 6.59. The summed E-state index contributed by atoms with van der Waals surface area (Å²) in [5.74, 6) is -0.163. The van der Waals surface area contributed by atoms with E-state index < -0.39 is 5.97 Å². The number of halogens is 1. The molecule has 1 N–H and O–H groups in total. The molecule has 1 aliphatic heterocycles. The van der Waals surface area contributed by atoms with Crippen molar-refractivity contribution in [2.75, 3.05) is 6.54 Å². The second-order valence-corrected chi connectivity index (χ2v) is 7.62. The zero-order chi connectivity index (χ0) is 20.1. The number of carboxylic acid groups (broad SMARTS) is 1. The van der Waals surface area contributed by atoms with Gasteiger partial charge in [0.05, 0.1) is 9.93 Å². The van der Waals surface area contributed by atoms with Crippen LogP contribution in [-0.2, 0) is 9.59 Å². The molecule has 1 saturated heterocycles. The number of benzene rings is 1. The number of carbonyl (C=O) groups excluding carboxylic acids is 2. The molecule has 2 aromatic rings. The number of unbranched alkanes of at least 4 members (excludes halogenated alkanes) is 2. The number of hydrogen-bond acceptors (Lipinski definition) is 5. The normalized spacial score (nSPS) is 15.6. The molecular weight excluding hydrogens is 402 g/mol. The molecule has 0 atom stereocenters. The van der Waals surface area contributed by atoms with Crippen molar-refractivity contribution < 1.29 is 23.9 Å². The molecule has 1 aromatic carbocycles. The number of thioether (sulfide) groups is 1. The van der Waals surface area contributed by atoms with Crippen LogP contribution in [0.15, 0.2) is 45.7 Å². The fourth-order valence-electron chi connectivity index (χ4n) is 2.78. The van der Waals surface area contributed by atoms with Crippen molar-refractivity contribution in [3.8, 4) is 11.3 Å². The van der Waals surface area contributed by atoms with Gasteiger partial charge in [-0.05, 0) is 48.9 Å². The van der Waals surface area contributed by atoms with E-state index in [0.717, 1.165) is 17.3 Å². The van der Waals surface area contributed by atoms with E-state index in [4.69, 9.17) is 21.1 Å². The third-order valence-corrected chi connectivity index (χ3v) is 5.42. The van der Waals surface area contributed by atoms with E-state index in [9.17, 15) is 14.4 Å². The summed E-state index contributed by atoms with van der Waals surface area (Å²) in [4.78, 5) is 36.6. The second-order valence-electron chi connectivity index (χ2n) is 6.22. The number of hydrogen-bond donors (Lipinski definition) is 1. The highest BCUT2D eigenvalue weighted by molar-refractivity contribution is 8.18. The number of imide groups is 1. The van der Waals surface area contributed by atoms with Gasteiger partial charge >= 0.3 is 5.97 Å². The van der Waals surface area contributed by atoms with Crippen LogP contribution in [-0.4, -0.2) is 33.7 Å². The zero-order valence-corrected chi connectivity index (χ0v) is 16.5. The Morgan fingerprint density at radius 3 is 2.68 bits per heavy atom. The van der Waals surface area contributed by atoms with Crippen LogP contribution in [0.25, 0.3) is 17.4 Å². The summed E-state index contributed by atoms with van der Waals surface area (Å²) in [6.45, 7) is 0.282. The molecule has 2 amide bonds. The molecule has 8 heteroatoms. The van der Waals surface area contributed by atoms with Gasteiger partial charge in [-0.3, -0.25) is 19.3 Å². The van der Waals surface area contributed by atoms with Crippen LogP contribution >= 0.6 is 23.4 Å². The van der Waals surface area contributed by atoms with E-state index in [-0.39, 0.29) is 24.1 Å². The molecule has 1 fully saturated rings. The van der Waals surface area contributed by atoms with Gasteiger partial charge in [0.25, 0.3) is 11.1 Å². The highest BCUT2D eigenvalue weighted by atomic mass is 35.5. The van der Waals surface area contributed by atoms with Gasteiger partial charge in [0.15, 0.2) is 0 Å². The maximum absolute atomic E-state index is 12.5. The first-order chi connectivity index (χ1) is 13.5. The summed E-state index contributed by atoms with van der Waals surface area (Å²) in [6.07, 6.45) is 3.39. The number of amides is 2. The van der Waals surface area contributed by atoms with Crippen LogP contribution in [0.3, 0.4) is 0 Å². The highest BCUT2D eigenvalue weighted by Gasteiger charge is 2.34. The largest absolute Gasteiger partial charge is 0.481 e. The van der Waals surface area contributed by atoms with E-state index in [1.807, 2.05) is 18.2 Å². The Bertz CT molecular complexity index is 936. The first-order valence-corrected chi connectivity index (χ1v) is 9.97. The fourth-order valence-corrected chi connectivity index (χ4v) is 3.86. The average molecular weight is 420 g/mol. The Morgan fingerprint density at radius 2 is 1.93 bits per heavy atom. The van der Waals surface area contributed by atoms with E-state index in [0.29, 0.717) is 40.7 Å². The number of furan rings is 1. The number of carbonyl (C=O) groups is 3. The molecular formula is C20H18ClNO5S. The minimum Gasteiger partial charge on any atom is -0.481 e. The van der Waals surface area contributed by atoms with Crippen LogP contribution in [0.2, 0.25) is 5.02 Å². The standard InChI is InChI=1S/C20H18ClNO5S/c21-15-7-4-3-6-14(15)16-10-9-13(27-16)12-17-19(25)22(20(26)28-17)11-5-1-2-8-18(23)24/h3-4,6-7,9-10,12H,1-2,5,8,11H2,(H,23,24)/b17-12-. The SMILES string of the molecule is O=C(O)CCCCCN1C(=O)S/C(=C\c2ccc(-c3ccccc3Cl)o2)C1=O. The summed E-state index contributed by atoms with van der Waals surface area (Å²) in [5.41, 5.74) is 0.748. The lowest BCUT2D eigenvalue weighted by molar-refractivity contribution is -0.137. The lowest BCUT2D eigenvalue weighted by atomic mass is 10.2. The molecule has 0 saturated carbocycles. The first kappa shape index (κ1) is 20.2. The summed E-state index contributed by atoms with van der Waals surface area (Å²) >= 11 is 7.04. The number of carboxylic acids is 1. The monoisotopic (exact) mass is 419 g/mol. The Labute approximate surface area is 171 Å². The topological polar surface area (TPSA) is 87.8 Å². The third kappa shape index (κ3) is 4.85. The Hall–Kier alpha value is -2.51. The fraction of sp³-hybridized carbons (Fsp3) is 0.250. The van der Waals surface area contributed by atoms with E-state index in [2.05, 4.69) is 0 Å². The number of aliphatic carboxylic acids is 1. The van der Waals surface area contributed by atoms with Gasteiger partial charge in [-0.2, -0.15) is 0 Å². The van der Waals surface area contributed by atoms with E-state index >= 15 is 0 Å². The molecule has 6 nitrogen and oxygen atoms in total. The van der Waals surface area contributed by atoms with Gasteiger partial charge in [-0.1, -0.05) is 30.2 Å². The maximum atomic E-state index is 12.5. The molecule has 0 bridgehead atoms. The minimum absolute atomic E-state index is 0.0913. The van der Waals surface area contributed by atoms with Gasteiger partial charge in [-0.15, -0.1) is 0 Å². The van der Waals surface area contributed by atoms with Crippen LogP contribution < -0.4 is 0 Å². The van der Waals surface area contributed by atoms with Gasteiger partial charge in [0, 0.05) is 24.6 Å². The van der Waals surface area contributed by atoms with E-state index in [1.165, 1.54) is 4.90 Å². The molecule has 1 aromatic heterocycles. The quantitative estimate of drug-likeness (QED) is 0.462. The summed E-state index contributed by atoms with van der Waals surface area (Å²) in [6, 6.07) is 10.8. The molecule has 28 heavy (non-hydrogen) atoms. The predicted octanol–water partition coefficient (Wildman–Crippen LogP) is 5.28. The van der Waals surface area contributed by atoms with Gasteiger partial charge in [0.1, 0.15) is 11.5 Å². The van der Waals surface area contributed by atoms with Crippen molar-refractivity contribution in [1.29, 1.82) is 0 Å². The molecule has 146 valence electrons. The lowest BCUT2D eigenvalue weighted by Gasteiger charge is -2.11. The van der Waals surface area contributed by atoms with Crippen LogP contribution in [0, 0.1) is 0 Å². The van der Waals surface area contributed by atoms with Crippen LogP contribution in [0.4, 0.5) is 4.79 Å². The molecule has 0 radical (unpaired) electrons. The molecule has 0 spiro atoms. The van der Waals surface area contributed by atoms with Crippen molar-refractivity contribution in [2.24, 2.45) is 0 Å². The predicted molar refractivity (Wildman–Crippen MR) is 108 cm³/mol. The summed E-state index contributed by atoms with van der Waals surface area (Å²) in [5, 5.41) is 8.86. The Morgan fingerprint density at radius 1 is 1.14 bits per heavy atom. The average Bonchev–Trinajstić information content (AvgIpc) is 3.21. The van der Waals surface area contributed by atoms with Crippen molar-refractivity contribution in [3.63, 3.8) is 0 Å². The molecule has 3 rings (SSSR count). The van der Waals surface area contributed by atoms with Crippen molar-refractivity contribution in [1.82, 2.24) is 4.90 Å². The van der Waals surface area contributed by atoms with E-state index in [1.54, 1.807) is 24.3 Å². The third-order valence-electron chi connectivity index (χ3n) is 4.19. The second kappa shape index (κ2) is 9.12. The molecule has 0 unspecified atom stereocenters. The highest BCUT2D eigenvalue weighted by Crippen LogP contribution is 2.34. The Balaban J connectivity index is 1.64. The summed E-state index contributed by atoms with van der Waals surface area (Å²) in [7, 11) is 0. The minimum atomic E-state index is -0.844.